The van der Waals surface area contributed by atoms with Gasteiger partial charge in [0.2, 0.25) is 0 Å². The Balaban J connectivity index is 2.66. The molecule has 13 heavy (non-hydrogen) atoms. The zero-order chi connectivity index (χ0) is 10.0. The Bertz CT molecular complexity index is 151. The molecule has 0 saturated carbocycles. The summed E-state index contributed by atoms with van der Waals surface area (Å²) in [5.74, 6) is 0. The largest absolute Gasteiger partial charge is 0.394 e. The van der Waals surface area contributed by atoms with Gasteiger partial charge in [-0.25, -0.2) is 0 Å². The lowest BCUT2D eigenvalue weighted by molar-refractivity contribution is -0.205. The van der Waals surface area contributed by atoms with Crippen LogP contribution in [0.5, 0.6) is 0 Å². The fraction of sp³-hybridized carbons (Fsp3) is 1.00. The van der Waals surface area contributed by atoms with Crippen molar-refractivity contribution in [1.29, 1.82) is 0 Å². The SMILES string of the molecule is NS[C@@H]1O[C@H](CO)[C@H](O)[C@H](O)[C@H]1O. The Morgan fingerprint density at radius 1 is 1.15 bits per heavy atom. The first kappa shape index (κ1) is 11.2. The number of aliphatic hydroxyl groups excluding tert-OH is 4. The van der Waals surface area contributed by atoms with Gasteiger partial charge in [0, 0.05) is 0 Å². The second-order valence-electron chi connectivity index (χ2n) is 2.83. The Kier molecular flexibility index (Phi) is 3.92. The van der Waals surface area contributed by atoms with Gasteiger partial charge in [-0.3, -0.25) is 5.14 Å². The van der Waals surface area contributed by atoms with E-state index in [1.165, 1.54) is 0 Å². The number of hydrogen-bond acceptors (Lipinski definition) is 7. The number of aliphatic hydroxyl groups is 4. The Morgan fingerprint density at radius 3 is 2.23 bits per heavy atom. The average Bonchev–Trinajstić information content (AvgIpc) is 2.15. The second-order valence-corrected chi connectivity index (χ2v) is 3.57. The van der Waals surface area contributed by atoms with E-state index < -0.39 is 36.5 Å². The van der Waals surface area contributed by atoms with Gasteiger partial charge in [0.25, 0.3) is 0 Å². The van der Waals surface area contributed by atoms with Crippen molar-refractivity contribution >= 4 is 11.9 Å². The first-order valence-corrected chi connectivity index (χ1v) is 4.72. The molecule has 0 aliphatic carbocycles. The van der Waals surface area contributed by atoms with Crippen molar-refractivity contribution in [2.24, 2.45) is 5.14 Å². The third-order valence-electron chi connectivity index (χ3n) is 1.98. The zero-order valence-corrected chi connectivity index (χ0v) is 7.59. The second kappa shape index (κ2) is 4.56. The van der Waals surface area contributed by atoms with Crippen LogP contribution in [0.25, 0.3) is 0 Å². The molecule has 1 fully saturated rings. The van der Waals surface area contributed by atoms with Crippen molar-refractivity contribution < 1.29 is 25.2 Å². The fourth-order valence-electron chi connectivity index (χ4n) is 1.18. The maximum Gasteiger partial charge on any atom is 0.145 e. The highest BCUT2D eigenvalue weighted by atomic mass is 32.2. The van der Waals surface area contributed by atoms with E-state index >= 15 is 0 Å². The van der Waals surface area contributed by atoms with Crippen LogP contribution in [0, 0.1) is 0 Å². The predicted octanol–water partition coefficient (Wildman–Crippen LogP) is -2.61. The van der Waals surface area contributed by atoms with Gasteiger partial charge < -0.3 is 25.2 Å². The predicted molar refractivity (Wildman–Crippen MR) is 45.5 cm³/mol. The van der Waals surface area contributed by atoms with Gasteiger partial charge in [-0.1, -0.05) is 0 Å². The van der Waals surface area contributed by atoms with E-state index in [0.717, 1.165) is 11.9 Å². The molecule has 0 unspecified atom stereocenters. The quantitative estimate of drug-likeness (QED) is 0.318. The van der Waals surface area contributed by atoms with Crippen molar-refractivity contribution in [2.75, 3.05) is 6.61 Å². The molecule has 0 aromatic carbocycles. The summed E-state index contributed by atoms with van der Waals surface area (Å²) >= 11 is 0.724. The van der Waals surface area contributed by atoms with Gasteiger partial charge in [-0.05, 0) is 11.9 Å². The van der Waals surface area contributed by atoms with Gasteiger partial charge in [-0.15, -0.1) is 0 Å². The molecule has 0 aromatic heterocycles. The molecule has 1 aliphatic rings. The minimum atomic E-state index is -1.34. The molecular formula is C6H13NO5S. The summed E-state index contributed by atoms with van der Waals surface area (Å²) in [5.41, 5.74) is -0.824. The van der Waals surface area contributed by atoms with Gasteiger partial charge >= 0.3 is 0 Å². The summed E-state index contributed by atoms with van der Waals surface area (Å²) in [5, 5.41) is 41.8. The van der Waals surface area contributed by atoms with Crippen LogP contribution in [0.1, 0.15) is 0 Å². The highest BCUT2D eigenvalue weighted by Gasteiger charge is 2.43. The van der Waals surface area contributed by atoms with Crippen LogP contribution in [0.3, 0.4) is 0 Å². The van der Waals surface area contributed by atoms with Crippen LogP contribution in [0.2, 0.25) is 0 Å². The lowest BCUT2D eigenvalue weighted by Crippen LogP contribution is -2.57. The van der Waals surface area contributed by atoms with E-state index in [1.54, 1.807) is 0 Å². The van der Waals surface area contributed by atoms with Crippen molar-refractivity contribution in [3.05, 3.63) is 0 Å². The first-order valence-electron chi connectivity index (χ1n) is 3.78. The molecule has 0 aromatic rings. The average molecular weight is 211 g/mol. The normalized spacial score (nSPS) is 46.4. The van der Waals surface area contributed by atoms with E-state index in [9.17, 15) is 15.3 Å². The fourth-order valence-corrected chi connectivity index (χ4v) is 1.71. The summed E-state index contributed by atoms with van der Waals surface area (Å²) in [6, 6.07) is 0. The monoisotopic (exact) mass is 211 g/mol. The highest BCUT2D eigenvalue weighted by Crippen LogP contribution is 2.25. The summed E-state index contributed by atoms with van der Waals surface area (Å²) in [6.45, 7) is -0.429. The Hall–Kier alpha value is 0.110. The lowest BCUT2D eigenvalue weighted by atomic mass is 10.0. The van der Waals surface area contributed by atoms with Crippen LogP contribution in [-0.4, -0.2) is 56.9 Å². The van der Waals surface area contributed by atoms with E-state index in [4.69, 9.17) is 15.0 Å². The number of nitrogens with two attached hydrogens (primary N) is 1. The Morgan fingerprint density at radius 2 is 1.77 bits per heavy atom. The molecule has 0 spiro atoms. The number of rotatable bonds is 2. The first-order chi connectivity index (χ1) is 6.11. The summed E-state index contributed by atoms with van der Waals surface area (Å²) < 4.78 is 5.01. The van der Waals surface area contributed by atoms with Gasteiger partial charge in [0.15, 0.2) is 0 Å². The smallest absolute Gasteiger partial charge is 0.145 e. The van der Waals surface area contributed by atoms with Crippen molar-refractivity contribution in [3.63, 3.8) is 0 Å². The molecule has 78 valence electrons. The topological polar surface area (TPSA) is 116 Å². The van der Waals surface area contributed by atoms with E-state index in [2.05, 4.69) is 0 Å². The summed E-state index contributed by atoms with van der Waals surface area (Å²) in [7, 11) is 0. The van der Waals surface area contributed by atoms with Crippen molar-refractivity contribution in [2.45, 2.75) is 29.9 Å². The lowest BCUT2D eigenvalue weighted by Gasteiger charge is -2.38. The molecule has 6 N–H and O–H groups in total. The highest BCUT2D eigenvalue weighted by molar-refractivity contribution is 7.97. The maximum absolute atomic E-state index is 9.30. The molecule has 0 amide bonds. The molecule has 1 aliphatic heterocycles. The molecule has 5 atom stereocenters. The number of hydrogen-bond donors (Lipinski definition) is 5. The molecule has 6 nitrogen and oxygen atoms in total. The standard InChI is InChI=1S/C6H13NO5S/c7-13-6-5(11)4(10)3(9)2(1-8)12-6/h2-6,8-11H,1,7H2/t2-,3+,4+,5-,6+/m1/s1. The molecule has 7 heteroatoms. The van der Waals surface area contributed by atoms with Crippen molar-refractivity contribution in [1.82, 2.24) is 0 Å². The van der Waals surface area contributed by atoms with E-state index in [0.29, 0.717) is 0 Å². The van der Waals surface area contributed by atoms with Crippen LogP contribution >= 0.6 is 11.9 Å². The number of ether oxygens (including phenoxy) is 1. The molecule has 1 rings (SSSR count). The third-order valence-corrected chi connectivity index (χ3v) is 2.64. The van der Waals surface area contributed by atoms with E-state index in [1.807, 2.05) is 0 Å². The van der Waals surface area contributed by atoms with Crippen LogP contribution < -0.4 is 5.14 Å². The molecule has 1 saturated heterocycles. The van der Waals surface area contributed by atoms with Crippen LogP contribution in [-0.2, 0) is 4.74 Å². The van der Waals surface area contributed by atoms with Crippen LogP contribution in [0.15, 0.2) is 0 Å². The summed E-state index contributed by atoms with van der Waals surface area (Å²) in [6.07, 6.45) is -4.78. The van der Waals surface area contributed by atoms with Crippen molar-refractivity contribution in [3.8, 4) is 0 Å². The molecule has 1 heterocycles. The Labute approximate surface area is 79.4 Å². The summed E-state index contributed by atoms with van der Waals surface area (Å²) in [4.78, 5) is 0. The zero-order valence-electron chi connectivity index (χ0n) is 6.78. The molecular weight excluding hydrogens is 198 g/mol. The minimum absolute atomic E-state index is 0.429. The van der Waals surface area contributed by atoms with E-state index in [-0.39, 0.29) is 0 Å². The molecule has 0 radical (unpaired) electrons. The van der Waals surface area contributed by atoms with Crippen LogP contribution in [0.4, 0.5) is 0 Å². The maximum atomic E-state index is 9.30. The van der Waals surface area contributed by atoms with Gasteiger partial charge in [-0.2, -0.15) is 0 Å². The van der Waals surface area contributed by atoms with Gasteiger partial charge in [0.05, 0.1) is 6.61 Å². The minimum Gasteiger partial charge on any atom is -0.394 e. The van der Waals surface area contributed by atoms with Gasteiger partial charge in [0.1, 0.15) is 29.9 Å². The third kappa shape index (κ3) is 2.13. The molecule has 0 bridgehead atoms.